The zero-order valence-electron chi connectivity index (χ0n) is 17.1. The molecule has 0 bridgehead atoms. The van der Waals surface area contributed by atoms with Gasteiger partial charge in [0.2, 0.25) is 11.1 Å². The van der Waals surface area contributed by atoms with Crippen LogP contribution in [-0.4, -0.2) is 61.9 Å². The predicted octanol–water partition coefficient (Wildman–Crippen LogP) is 2.82. The molecule has 8 nitrogen and oxygen atoms in total. The van der Waals surface area contributed by atoms with Gasteiger partial charge < -0.3 is 9.64 Å². The first-order chi connectivity index (χ1) is 14.0. The predicted molar refractivity (Wildman–Crippen MR) is 110 cm³/mol. The number of carbonyl (C=O) groups is 2. The highest BCUT2D eigenvalue weighted by Gasteiger charge is 2.33. The van der Waals surface area contributed by atoms with Crippen LogP contribution in [0.15, 0.2) is 29.4 Å². The first-order valence-electron chi connectivity index (χ1n) is 9.99. The Morgan fingerprint density at radius 2 is 2.00 bits per heavy atom. The van der Waals surface area contributed by atoms with Crippen LogP contribution in [0.1, 0.15) is 51.5 Å². The summed E-state index contributed by atoms with van der Waals surface area (Å²) in [6, 6.07) is 7.56. The minimum absolute atomic E-state index is 0.0996. The maximum absolute atomic E-state index is 12.8. The van der Waals surface area contributed by atoms with Crippen molar-refractivity contribution >= 4 is 23.6 Å². The highest BCUT2D eigenvalue weighted by molar-refractivity contribution is 7.99. The maximum Gasteiger partial charge on any atom is 0.328 e. The van der Waals surface area contributed by atoms with Crippen LogP contribution in [0.3, 0.4) is 0 Å². The Labute approximate surface area is 175 Å². The zero-order chi connectivity index (χ0) is 20.8. The number of nitrogens with zero attached hydrogens (tertiary/aromatic N) is 5. The molecule has 1 aromatic heterocycles. The summed E-state index contributed by atoms with van der Waals surface area (Å²) >= 11 is 1.27. The van der Waals surface area contributed by atoms with Gasteiger partial charge in [-0.05, 0) is 60.2 Å². The molecular formula is C20H27N5O3S. The number of hydrogen-bond acceptors (Lipinski definition) is 7. The molecule has 0 unspecified atom stereocenters. The number of ether oxygens (including phenoxy) is 1. The van der Waals surface area contributed by atoms with Crippen LogP contribution in [0.25, 0.3) is 5.69 Å². The fraction of sp³-hybridized carbons (Fsp3) is 0.550. The molecule has 29 heavy (non-hydrogen) atoms. The van der Waals surface area contributed by atoms with Crippen molar-refractivity contribution in [1.82, 2.24) is 25.1 Å². The molecule has 2 aromatic rings. The van der Waals surface area contributed by atoms with Crippen LogP contribution in [-0.2, 0) is 14.3 Å². The van der Waals surface area contributed by atoms with Crippen molar-refractivity contribution in [2.75, 3.05) is 18.9 Å². The van der Waals surface area contributed by atoms with Gasteiger partial charge in [-0.1, -0.05) is 37.7 Å². The normalized spacial score (nSPS) is 16.8. The van der Waals surface area contributed by atoms with Crippen molar-refractivity contribution < 1.29 is 14.3 Å². The van der Waals surface area contributed by atoms with Gasteiger partial charge >= 0.3 is 5.97 Å². The number of carbonyl (C=O) groups excluding carboxylic acids is 2. The molecule has 1 aliphatic heterocycles. The molecule has 0 saturated carbocycles. The largest absolute Gasteiger partial charge is 0.464 e. The van der Waals surface area contributed by atoms with Crippen LogP contribution in [0.5, 0.6) is 0 Å². The lowest BCUT2D eigenvalue weighted by Gasteiger charge is -2.33. The molecule has 1 atom stereocenters. The van der Waals surface area contributed by atoms with E-state index in [0.29, 0.717) is 30.6 Å². The van der Waals surface area contributed by atoms with Gasteiger partial charge in [-0.25, -0.2) is 4.79 Å². The van der Waals surface area contributed by atoms with Crippen molar-refractivity contribution in [3.8, 4) is 5.69 Å². The Morgan fingerprint density at radius 3 is 2.69 bits per heavy atom. The summed E-state index contributed by atoms with van der Waals surface area (Å²) in [7, 11) is 0. The van der Waals surface area contributed by atoms with Crippen LogP contribution < -0.4 is 0 Å². The average Bonchev–Trinajstić information content (AvgIpc) is 3.21. The smallest absolute Gasteiger partial charge is 0.328 e. The Morgan fingerprint density at radius 1 is 1.24 bits per heavy atom. The van der Waals surface area contributed by atoms with E-state index in [4.69, 9.17) is 4.74 Å². The molecule has 1 amide bonds. The summed E-state index contributed by atoms with van der Waals surface area (Å²) < 4.78 is 6.77. The summed E-state index contributed by atoms with van der Waals surface area (Å²) in [5.74, 6) is 0.194. The number of likely N-dealkylation sites (tertiary alicyclic amines) is 1. The number of esters is 1. The second-order valence-electron chi connectivity index (χ2n) is 7.26. The van der Waals surface area contributed by atoms with Crippen molar-refractivity contribution in [3.63, 3.8) is 0 Å². The van der Waals surface area contributed by atoms with Crippen molar-refractivity contribution in [2.45, 2.75) is 57.1 Å². The van der Waals surface area contributed by atoms with E-state index < -0.39 is 6.04 Å². The number of piperidine rings is 1. The molecule has 9 heteroatoms. The molecule has 1 aromatic carbocycles. The molecule has 0 radical (unpaired) electrons. The lowest BCUT2D eigenvalue weighted by Crippen LogP contribution is -2.49. The SMILES string of the molecule is CCOC(=O)[C@H]1CCCCN1C(=O)CSc1nnnn1-c1ccc(C(C)C)cc1. The van der Waals surface area contributed by atoms with Gasteiger partial charge in [-0.3, -0.25) is 4.79 Å². The molecule has 0 aliphatic carbocycles. The number of aromatic nitrogens is 4. The van der Waals surface area contributed by atoms with E-state index in [-0.39, 0.29) is 17.6 Å². The summed E-state index contributed by atoms with van der Waals surface area (Å²) in [5.41, 5.74) is 2.08. The minimum atomic E-state index is -0.489. The quantitative estimate of drug-likeness (QED) is 0.505. The first kappa shape index (κ1) is 21.3. The van der Waals surface area contributed by atoms with Crippen molar-refractivity contribution in [2.24, 2.45) is 0 Å². The lowest BCUT2D eigenvalue weighted by molar-refractivity contribution is -0.155. The third kappa shape index (κ3) is 5.14. The lowest BCUT2D eigenvalue weighted by atomic mass is 10.0. The summed E-state index contributed by atoms with van der Waals surface area (Å²) in [6.07, 6.45) is 2.46. The summed E-state index contributed by atoms with van der Waals surface area (Å²) in [5, 5.41) is 12.4. The maximum atomic E-state index is 12.8. The van der Waals surface area contributed by atoms with E-state index in [1.807, 2.05) is 12.1 Å². The molecule has 2 heterocycles. The molecular weight excluding hydrogens is 390 g/mol. The van der Waals surface area contributed by atoms with Crippen LogP contribution in [0.4, 0.5) is 0 Å². The van der Waals surface area contributed by atoms with E-state index in [1.165, 1.54) is 17.3 Å². The summed E-state index contributed by atoms with van der Waals surface area (Å²) in [4.78, 5) is 26.6. The number of rotatable bonds is 7. The fourth-order valence-corrected chi connectivity index (χ4v) is 4.13. The number of benzene rings is 1. The van der Waals surface area contributed by atoms with E-state index in [0.717, 1.165) is 18.5 Å². The van der Waals surface area contributed by atoms with Gasteiger partial charge in [0.25, 0.3) is 0 Å². The van der Waals surface area contributed by atoms with E-state index in [1.54, 1.807) is 16.5 Å². The highest BCUT2D eigenvalue weighted by Crippen LogP contribution is 2.23. The van der Waals surface area contributed by atoms with Gasteiger partial charge in [0.05, 0.1) is 18.0 Å². The number of thioether (sulfide) groups is 1. The fourth-order valence-electron chi connectivity index (χ4n) is 3.35. The molecule has 1 saturated heterocycles. The third-order valence-corrected chi connectivity index (χ3v) is 5.86. The van der Waals surface area contributed by atoms with Gasteiger partial charge in [0.15, 0.2) is 0 Å². The molecule has 156 valence electrons. The molecule has 0 spiro atoms. The number of amides is 1. The van der Waals surface area contributed by atoms with Crippen LogP contribution >= 0.6 is 11.8 Å². The molecule has 3 rings (SSSR count). The van der Waals surface area contributed by atoms with E-state index >= 15 is 0 Å². The second-order valence-corrected chi connectivity index (χ2v) is 8.20. The van der Waals surface area contributed by atoms with Gasteiger partial charge in [-0.15, -0.1) is 5.10 Å². The minimum Gasteiger partial charge on any atom is -0.464 e. The monoisotopic (exact) mass is 417 g/mol. The van der Waals surface area contributed by atoms with Crippen molar-refractivity contribution in [1.29, 1.82) is 0 Å². The number of hydrogen-bond donors (Lipinski definition) is 0. The van der Waals surface area contributed by atoms with Crippen LogP contribution in [0, 0.1) is 0 Å². The zero-order valence-corrected chi connectivity index (χ0v) is 17.9. The highest BCUT2D eigenvalue weighted by atomic mass is 32.2. The van der Waals surface area contributed by atoms with E-state index in [2.05, 4.69) is 41.5 Å². The Balaban J connectivity index is 1.66. The Hall–Kier alpha value is -2.42. The molecule has 1 aliphatic rings. The first-order valence-corrected chi connectivity index (χ1v) is 11.0. The van der Waals surface area contributed by atoms with E-state index in [9.17, 15) is 9.59 Å². The molecule has 1 fully saturated rings. The second kappa shape index (κ2) is 9.87. The topological polar surface area (TPSA) is 90.2 Å². The van der Waals surface area contributed by atoms with Crippen LogP contribution in [0.2, 0.25) is 0 Å². The Kier molecular flexibility index (Phi) is 7.24. The van der Waals surface area contributed by atoms with Gasteiger partial charge in [0.1, 0.15) is 6.04 Å². The molecule has 0 N–H and O–H groups in total. The standard InChI is InChI=1S/C20H27N5O3S/c1-4-28-19(27)17-7-5-6-12-24(17)18(26)13-29-20-21-22-23-25(20)16-10-8-15(9-11-16)14(2)3/h8-11,14,17H,4-7,12-13H2,1-3H3/t17-/m1/s1. The average molecular weight is 418 g/mol. The Bertz CT molecular complexity index is 837. The van der Waals surface area contributed by atoms with Crippen molar-refractivity contribution in [3.05, 3.63) is 29.8 Å². The number of tetrazole rings is 1. The third-order valence-electron chi connectivity index (χ3n) is 4.95. The summed E-state index contributed by atoms with van der Waals surface area (Å²) in [6.45, 7) is 6.95. The van der Waals surface area contributed by atoms with Gasteiger partial charge in [-0.2, -0.15) is 4.68 Å². The van der Waals surface area contributed by atoms with Gasteiger partial charge in [0, 0.05) is 6.54 Å².